The van der Waals surface area contributed by atoms with Crippen molar-refractivity contribution in [2.24, 2.45) is 5.92 Å². The summed E-state index contributed by atoms with van der Waals surface area (Å²) in [5.41, 5.74) is 2.73. The molecule has 2 atom stereocenters. The van der Waals surface area contributed by atoms with Crippen LogP contribution in [-0.2, 0) is 15.3 Å². The van der Waals surface area contributed by atoms with Gasteiger partial charge in [-0.15, -0.1) is 0 Å². The van der Waals surface area contributed by atoms with E-state index in [9.17, 15) is 8.42 Å². The molecular formula is C20H23NO4S. The van der Waals surface area contributed by atoms with Gasteiger partial charge in [-0.1, -0.05) is 19.9 Å². The number of anilines is 1. The van der Waals surface area contributed by atoms with Crippen LogP contribution in [0, 0.1) is 5.92 Å². The van der Waals surface area contributed by atoms with E-state index in [1.807, 2.05) is 24.3 Å². The smallest absolute Gasteiger partial charge is 0.175 e. The van der Waals surface area contributed by atoms with Crippen molar-refractivity contribution in [3.63, 3.8) is 0 Å². The largest absolute Gasteiger partial charge is 0.496 e. The molecule has 138 valence electrons. The summed E-state index contributed by atoms with van der Waals surface area (Å²) in [6, 6.07) is 11.2. The first-order valence-electron chi connectivity index (χ1n) is 8.64. The molecule has 0 amide bonds. The van der Waals surface area contributed by atoms with Gasteiger partial charge < -0.3 is 14.8 Å². The predicted octanol–water partition coefficient (Wildman–Crippen LogP) is 3.55. The zero-order valence-electron chi connectivity index (χ0n) is 15.4. The summed E-state index contributed by atoms with van der Waals surface area (Å²) in [7, 11) is -1.59. The van der Waals surface area contributed by atoms with Crippen LogP contribution in [0.3, 0.4) is 0 Å². The number of nitrogens with one attached hydrogen (secondary N) is 1. The lowest BCUT2D eigenvalue weighted by Gasteiger charge is -2.48. The SMILES string of the molecule is COc1cccc2c1C1Nc3ccc(S(C)(=O)=O)cc3C(C)(C)C1CO2. The summed E-state index contributed by atoms with van der Waals surface area (Å²) in [4.78, 5) is 0.347. The monoisotopic (exact) mass is 373 g/mol. The van der Waals surface area contributed by atoms with Crippen LogP contribution in [0.2, 0.25) is 0 Å². The van der Waals surface area contributed by atoms with Gasteiger partial charge in [-0.2, -0.15) is 0 Å². The minimum Gasteiger partial charge on any atom is -0.496 e. The number of hydrogen-bond donors (Lipinski definition) is 1. The molecule has 0 aliphatic carbocycles. The maximum Gasteiger partial charge on any atom is 0.175 e. The van der Waals surface area contributed by atoms with E-state index in [4.69, 9.17) is 9.47 Å². The molecule has 0 fully saturated rings. The minimum absolute atomic E-state index is 0.0430. The van der Waals surface area contributed by atoms with E-state index in [1.165, 1.54) is 6.26 Å². The Balaban J connectivity index is 1.88. The molecular weight excluding hydrogens is 350 g/mol. The van der Waals surface area contributed by atoms with E-state index in [0.717, 1.165) is 28.3 Å². The molecule has 1 N–H and O–H groups in total. The highest BCUT2D eigenvalue weighted by atomic mass is 32.2. The van der Waals surface area contributed by atoms with Crippen molar-refractivity contribution in [3.05, 3.63) is 47.5 Å². The van der Waals surface area contributed by atoms with Crippen molar-refractivity contribution in [2.45, 2.75) is 30.2 Å². The van der Waals surface area contributed by atoms with Gasteiger partial charge in [-0.3, -0.25) is 0 Å². The lowest BCUT2D eigenvalue weighted by Crippen LogP contribution is -2.46. The van der Waals surface area contributed by atoms with Crippen LogP contribution in [0.25, 0.3) is 0 Å². The third-order valence-electron chi connectivity index (χ3n) is 5.73. The Morgan fingerprint density at radius 2 is 2.00 bits per heavy atom. The number of ether oxygens (including phenoxy) is 2. The molecule has 6 heteroatoms. The molecule has 0 radical (unpaired) electrons. The van der Waals surface area contributed by atoms with Crippen LogP contribution >= 0.6 is 0 Å². The molecule has 0 bridgehead atoms. The standard InChI is InChI=1S/C20H23NO4S/c1-20(2)13-10-12(26(4,22)23)8-9-15(13)21-19-14(20)11-25-17-7-5-6-16(24-3)18(17)19/h5-10,14,19,21H,11H2,1-4H3. The van der Waals surface area contributed by atoms with Gasteiger partial charge in [0.15, 0.2) is 9.84 Å². The number of methoxy groups -OCH3 is 1. The van der Waals surface area contributed by atoms with Gasteiger partial charge in [0.2, 0.25) is 0 Å². The Morgan fingerprint density at radius 3 is 2.69 bits per heavy atom. The van der Waals surface area contributed by atoms with E-state index >= 15 is 0 Å². The summed E-state index contributed by atoms with van der Waals surface area (Å²) in [6.07, 6.45) is 1.24. The fraction of sp³-hybridized carbons (Fsp3) is 0.400. The number of hydrogen-bond acceptors (Lipinski definition) is 5. The number of benzene rings is 2. The molecule has 2 heterocycles. The van der Waals surface area contributed by atoms with Crippen molar-refractivity contribution in [2.75, 3.05) is 25.3 Å². The fourth-order valence-electron chi connectivity index (χ4n) is 4.19. The summed E-state index contributed by atoms with van der Waals surface area (Å²) >= 11 is 0. The third kappa shape index (κ3) is 2.47. The Hall–Kier alpha value is -2.21. The van der Waals surface area contributed by atoms with Crippen molar-refractivity contribution in [3.8, 4) is 11.5 Å². The number of rotatable bonds is 2. The molecule has 2 aromatic carbocycles. The van der Waals surface area contributed by atoms with Crippen molar-refractivity contribution < 1.29 is 17.9 Å². The molecule has 0 spiro atoms. The highest BCUT2D eigenvalue weighted by Crippen LogP contribution is 2.54. The first kappa shape index (κ1) is 17.2. The minimum atomic E-state index is -3.25. The molecule has 0 saturated carbocycles. The highest BCUT2D eigenvalue weighted by molar-refractivity contribution is 7.90. The lowest BCUT2D eigenvalue weighted by atomic mass is 9.65. The molecule has 26 heavy (non-hydrogen) atoms. The number of fused-ring (bicyclic) bond motifs is 4. The van der Waals surface area contributed by atoms with Gasteiger partial charge in [0.25, 0.3) is 0 Å². The summed E-state index contributed by atoms with van der Waals surface area (Å²) in [5.74, 6) is 1.79. The zero-order valence-corrected chi connectivity index (χ0v) is 16.2. The molecule has 5 nitrogen and oxygen atoms in total. The topological polar surface area (TPSA) is 64.6 Å². The quantitative estimate of drug-likeness (QED) is 0.872. The van der Waals surface area contributed by atoms with E-state index in [1.54, 1.807) is 19.2 Å². The highest BCUT2D eigenvalue weighted by Gasteiger charge is 2.47. The third-order valence-corrected chi connectivity index (χ3v) is 6.84. The maximum absolute atomic E-state index is 12.0. The van der Waals surface area contributed by atoms with Crippen LogP contribution in [0.1, 0.15) is 31.0 Å². The maximum atomic E-state index is 12.0. The molecule has 0 aromatic heterocycles. The summed E-state index contributed by atoms with van der Waals surface area (Å²) in [5, 5.41) is 3.61. The Labute approximate surface area is 154 Å². The fourth-order valence-corrected chi connectivity index (χ4v) is 4.84. The van der Waals surface area contributed by atoms with Gasteiger partial charge in [0, 0.05) is 23.3 Å². The zero-order chi connectivity index (χ0) is 18.7. The first-order valence-corrected chi connectivity index (χ1v) is 10.5. The molecule has 0 saturated heterocycles. The van der Waals surface area contributed by atoms with Gasteiger partial charge in [0.1, 0.15) is 11.5 Å². The van der Waals surface area contributed by atoms with Crippen LogP contribution in [0.15, 0.2) is 41.3 Å². The average molecular weight is 373 g/mol. The normalized spacial score (nSPS) is 22.9. The summed E-state index contributed by atoms with van der Waals surface area (Å²) < 4.78 is 35.6. The van der Waals surface area contributed by atoms with E-state index in [2.05, 4.69) is 19.2 Å². The van der Waals surface area contributed by atoms with Gasteiger partial charge >= 0.3 is 0 Å². The van der Waals surface area contributed by atoms with Gasteiger partial charge in [-0.25, -0.2) is 8.42 Å². The van der Waals surface area contributed by atoms with E-state index < -0.39 is 9.84 Å². The predicted molar refractivity (Wildman–Crippen MR) is 101 cm³/mol. The molecule has 2 aromatic rings. The Bertz CT molecular complexity index is 967. The second-order valence-corrected chi connectivity index (χ2v) is 9.63. The molecule has 2 unspecified atom stereocenters. The summed E-state index contributed by atoms with van der Waals surface area (Å²) in [6.45, 7) is 4.87. The second-order valence-electron chi connectivity index (χ2n) is 7.61. The Morgan fingerprint density at radius 1 is 1.23 bits per heavy atom. The number of sulfone groups is 1. The Kier molecular flexibility index (Phi) is 3.74. The molecule has 4 rings (SSSR count). The van der Waals surface area contributed by atoms with Crippen LogP contribution in [0.5, 0.6) is 11.5 Å². The van der Waals surface area contributed by atoms with E-state index in [0.29, 0.717) is 11.5 Å². The van der Waals surface area contributed by atoms with Crippen molar-refractivity contribution >= 4 is 15.5 Å². The van der Waals surface area contributed by atoms with Crippen molar-refractivity contribution in [1.29, 1.82) is 0 Å². The van der Waals surface area contributed by atoms with Gasteiger partial charge in [0.05, 0.1) is 30.2 Å². The first-order chi connectivity index (χ1) is 12.2. The van der Waals surface area contributed by atoms with Gasteiger partial charge in [-0.05, 0) is 35.9 Å². The lowest BCUT2D eigenvalue weighted by molar-refractivity contribution is 0.133. The molecule has 2 aliphatic heterocycles. The second kappa shape index (κ2) is 5.64. The van der Waals surface area contributed by atoms with E-state index in [-0.39, 0.29) is 17.4 Å². The average Bonchev–Trinajstić information content (AvgIpc) is 2.59. The molecule has 2 aliphatic rings. The van der Waals surface area contributed by atoms with Crippen molar-refractivity contribution in [1.82, 2.24) is 0 Å². The van der Waals surface area contributed by atoms with Crippen LogP contribution < -0.4 is 14.8 Å². The van der Waals surface area contributed by atoms with Crippen LogP contribution in [-0.4, -0.2) is 28.4 Å². The van der Waals surface area contributed by atoms with Crippen LogP contribution in [0.4, 0.5) is 5.69 Å².